The summed E-state index contributed by atoms with van der Waals surface area (Å²) in [5, 5.41) is 6.66. The summed E-state index contributed by atoms with van der Waals surface area (Å²) < 4.78 is 6.35. The molecule has 0 saturated carbocycles. The van der Waals surface area contributed by atoms with Crippen molar-refractivity contribution in [2.45, 2.75) is 26.8 Å². The predicted molar refractivity (Wildman–Crippen MR) is 66.2 cm³/mol. The van der Waals surface area contributed by atoms with Crippen molar-refractivity contribution < 1.29 is 14.3 Å². The maximum Gasteiger partial charge on any atom is 0.343 e. The van der Waals surface area contributed by atoms with Gasteiger partial charge in [-0.3, -0.25) is 9.48 Å². The van der Waals surface area contributed by atoms with Crippen LogP contribution >= 0.6 is 0 Å². The third-order valence-electron chi connectivity index (χ3n) is 2.36. The van der Waals surface area contributed by atoms with Crippen molar-refractivity contribution in [3.63, 3.8) is 0 Å². The first kappa shape index (κ1) is 14.2. The van der Waals surface area contributed by atoms with Gasteiger partial charge in [0, 0.05) is 7.05 Å². The van der Waals surface area contributed by atoms with Crippen molar-refractivity contribution in [3.8, 4) is 0 Å². The Balaban J connectivity index is 3.10. The molecule has 0 aliphatic rings. The number of rotatable bonds is 4. The van der Waals surface area contributed by atoms with Gasteiger partial charge in [-0.15, -0.1) is 0 Å². The molecule has 1 atom stereocenters. The smallest absolute Gasteiger partial charge is 0.343 e. The van der Waals surface area contributed by atoms with E-state index in [1.165, 1.54) is 4.68 Å². The summed E-state index contributed by atoms with van der Waals surface area (Å²) in [6.45, 7) is 5.20. The Morgan fingerprint density at radius 1 is 1.56 bits per heavy atom. The van der Waals surface area contributed by atoms with Gasteiger partial charge in [0.1, 0.15) is 11.4 Å². The highest BCUT2D eigenvalue weighted by atomic mass is 16.5. The van der Waals surface area contributed by atoms with E-state index < -0.39 is 12.0 Å². The van der Waals surface area contributed by atoms with Crippen LogP contribution in [0.25, 0.3) is 0 Å². The molecule has 18 heavy (non-hydrogen) atoms. The zero-order valence-electron chi connectivity index (χ0n) is 11.0. The maximum atomic E-state index is 11.8. The van der Waals surface area contributed by atoms with Crippen LogP contribution in [-0.2, 0) is 16.6 Å². The number of aromatic nitrogens is 2. The summed E-state index contributed by atoms with van der Waals surface area (Å²) in [6, 6.07) is -0.671. The molecule has 7 nitrogen and oxygen atoms in total. The van der Waals surface area contributed by atoms with E-state index in [4.69, 9.17) is 10.5 Å². The Morgan fingerprint density at radius 2 is 2.17 bits per heavy atom. The van der Waals surface area contributed by atoms with Gasteiger partial charge in [0.25, 0.3) is 0 Å². The highest BCUT2D eigenvalue weighted by molar-refractivity contribution is 6.02. The molecule has 0 aromatic carbocycles. The summed E-state index contributed by atoms with van der Waals surface area (Å²) in [4.78, 5) is 23.4. The fourth-order valence-corrected chi connectivity index (χ4v) is 1.48. The van der Waals surface area contributed by atoms with Crippen LogP contribution in [-0.4, -0.2) is 34.3 Å². The van der Waals surface area contributed by atoms with Crippen LogP contribution in [0.1, 0.15) is 29.9 Å². The van der Waals surface area contributed by atoms with Gasteiger partial charge >= 0.3 is 5.97 Å². The molecule has 3 N–H and O–H groups in total. The first-order valence-corrected chi connectivity index (χ1v) is 5.65. The van der Waals surface area contributed by atoms with Crippen molar-refractivity contribution in [2.75, 3.05) is 11.9 Å². The summed E-state index contributed by atoms with van der Waals surface area (Å²) in [5.74, 6) is -0.597. The largest absolute Gasteiger partial charge is 0.462 e. The van der Waals surface area contributed by atoms with E-state index in [0.29, 0.717) is 11.5 Å². The Kier molecular flexibility index (Phi) is 4.43. The molecule has 1 amide bonds. The lowest BCUT2D eigenvalue weighted by Crippen LogP contribution is -2.33. The minimum absolute atomic E-state index is 0.258. The minimum Gasteiger partial charge on any atom is -0.462 e. The lowest BCUT2D eigenvalue weighted by Gasteiger charge is -2.10. The normalized spacial score (nSPS) is 12.1. The Morgan fingerprint density at radius 3 is 2.67 bits per heavy atom. The van der Waals surface area contributed by atoms with E-state index in [9.17, 15) is 9.59 Å². The monoisotopic (exact) mass is 254 g/mol. The molecule has 1 rings (SSSR count). The number of nitrogens with one attached hydrogen (secondary N) is 1. The molecule has 0 spiro atoms. The quantitative estimate of drug-likeness (QED) is 0.747. The van der Waals surface area contributed by atoms with Crippen LogP contribution in [0.15, 0.2) is 0 Å². The zero-order chi connectivity index (χ0) is 13.9. The first-order chi connectivity index (χ1) is 8.38. The maximum absolute atomic E-state index is 11.8. The second-order valence-corrected chi connectivity index (χ2v) is 3.93. The molecule has 0 bridgehead atoms. The molecule has 1 aromatic rings. The third kappa shape index (κ3) is 2.86. The van der Waals surface area contributed by atoms with Crippen molar-refractivity contribution in [1.82, 2.24) is 9.78 Å². The average Bonchev–Trinajstić information content (AvgIpc) is 2.54. The van der Waals surface area contributed by atoms with E-state index in [2.05, 4.69) is 10.4 Å². The number of amides is 1. The van der Waals surface area contributed by atoms with Gasteiger partial charge in [0.15, 0.2) is 0 Å². The van der Waals surface area contributed by atoms with Crippen LogP contribution in [0.2, 0.25) is 0 Å². The summed E-state index contributed by atoms with van der Waals surface area (Å²) in [5.41, 5.74) is 6.22. The molecular formula is C11H18N4O3. The SMILES string of the molecule is CCOC(=O)c1c(C)nn(C)c1NC(=O)C(C)N. The summed E-state index contributed by atoms with van der Waals surface area (Å²) in [7, 11) is 1.63. The third-order valence-corrected chi connectivity index (χ3v) is 2.36. The van der Waals surface area contributed by atoms with Gasteiger partial charge in [-0.2, -0.15) is 5.10 Å². The second-order valence-electron chi connectivity index (χ2n) is 3.93. The number of nitrogens with two attached hydrogens (primary N) is 1. The van der Waals surface area contributed by atoms with E-state index in [1.807, 2.05) is 0 Å². The number of esters is 1. The van der Waals surface area contributed by atoms with Crippen LogP contribution in [0.4, 0.5) is 5.82 Å². The number of carbonyl (C=O) groups excluding carboxylic acids is 2. The fraction of sp³-hybridized carbons (Fsp3) is 0.545. The predicted octanol–water partition coefficient (Wildman–Crippen LogP) is 0.191. The fourth-order valence-electron chi connectivity index (χ4n) is 1.48. The van der Waals surface area contributed by atoms with Crippen molar-refractivity contribution in [1.29, 1.82) is 0 Å². The highest BCUT2D eigenvalue weighted by Gasteiger charge is 2.23. The molecule has 1 heterocycles. The van der Waals surface area contributed by atoms with E-state index in [-0.39, 0.29) is 18.1 Å². The van der Waals surface area contributed by atoms with E-state index in [0.717, 1.165) is 0 Å². The number of hydrogen-bond acceptors (Lipinski definition) is 5. The van der Waals surface area contributed by atoms with E-state index in [1.54, 1.807) is 27.8 Å². The van der Waals surface area contributed by atoms with Gasteiger partial charge in [0.05, 0.1) is 18.3 Å². The lowest BCUT2D eigenvalue weighted by molar-refractivity contribution is -0.117. The molecule has 1 unspecified atom stereocenters. The standard InChI is InChI=1S/C11H18N4O3/c1-5-18-11(17)8-7(3)14-15(4)9(8)13-10(16)6(2)12/h6H,5,12H2,1-4H3,(H,13,16). The molecule has 0 aliphatic heterocycles. The van der Waals surface area contributed by atoms with Gasteiger partial charge in [0.2, 0.25) is 5.91 Å². The second kappa shape index (κ2) is 5.63. The van der Waals surface area contributed by atoms with Gasteiger partial charge in [-0.05, 0) is 20.8 Å². The number of ether oxygens (including phenoxy) is 1. The van der Waals surface area contributed by atoms with Crippen molar-refractivity contribution >= 4 is 17.7 Å². The molecule has 0 fully saturated rings. The summed E-state index contributed by atoms with van der Waals surface area (Å²) in [6.07, 6.45) is 0. The Hall–Kier alpha value is -1.89. The number of aryl methyl sites for hydroxylation is 2. The topological polar surface area (TPSA) is 99.2 Å². The van der Waals surface area contributed by atoms with Crippen LogP contribution in [0.3, 0.4) is 0 Å². The minimum atomic E-state index is -0.671. The van der Waals surface area contributed by atoms with Crippen molar-refractivity contribution in [2.24, 2.45) is 12.8 Å². The first-order valence-electron chi connectivity index (χ1n) is 5.65. The molecule has 1 aromatic heterocycles. The van der Waals surface area contributed by atoms with Crippen molar-refractivity contribution in [3.05, 3.63) is 11.3 Å². The van der Waals surface area contributed by atoms with Crippen LogP contribution in [0, 0.1) is 6.92 Å². The number of nitrogens with zero attached hydrogens (tertiary/aromatic N) is 2. The molecule has 0 aliphatic carbocycles. The van der Waals surface area contributed by atoms with Crippen LogP contribution in [0.5, 0.6) is 0 Å². The van der Waals surface area contributed by atoms with Crippen LogP contribution < -0.4 is 11.1 Å². The number of hydrogen-bond donors (Lipinski definition) is 2. The van der Waals surface area contributed by atoms with Gasteiger partial charge in [-0.1, -0.05) is 0 Å². The average molecular weight is 254 g/mol. The molecule has 100 valence electrons. The molecule has 7 heteroatoms. The van der Waals surface area contributed by atoms with Gasteiger partial charge in [-0.25, -0.2) is 4.79 Å². The molecular weight excluding hydrogens is 236 g/mol. The summed E-state index contributed by atoms with van der Waals surface area (Å²) >= 11 is 0. The Bertz CT molecular complexity index is 465. The zero-order valence-corrected chi connectivity index (χ0v) is 11.0. The Labute approximate surface area is 105 Å². The number of anilines is 1. The molecule has 0 saturated heterocycles. The lowest BCUT2D eigenvalue weighted by atomic mass is 10.2. The van der Waals surface area contributed by atoms with E-state index >= 15 is 0 Å². The highest BCUT2D eigenvalue weighted by Crippen LogP contribution is 2.20. The number of carbonyl (C=O) groups is 2. The van der Waals surface area contributed by atoms with Gasteiger partial charge < -0.3 is 15.8 Å². The molecule has 0 radical (unpaired) electrons.